The quantitative estimate of drug-likeness (QED) is 0.226. The highest BCUT2D eigenvalue weighted by Gasteiger charge is 2.44. The molecule has 0 radical (unpaired) electrons. The molecule has 0 rings (SSSR count). The molecule has 0 bridgehead atoms. The molecule has 0 saturated heterocycles. The van der Waals surface area contributed by atoms with Gasteiger partial charge in [-0.25, -0.2) is 0 Å². The molecule has 12 heteroatoms. The summed E-state index contributed by atoms with van der Waals surface area (Å²) in [5.41, 5.74) is 0. The molecule has 0 aliphatic heterocycles. The number of rotatable bonds is 18. The van der Waals surface area contributed by atoms with Gasteiger partial charge in [-0.15, -0.1) is 0 Å². The van der Waals surface area contributed by atoms with Gasteiger partial charge in [0.25, 0.3) is 0 Å². The number of hydrogen-bond donors (Lipinski definition) is 0. The van der Waals surface area contributed by atoms with Gasteiger partial charge in [0, 0.05) is 66.0 Å². The average molecular weight is 535 g/mol. The zero-order valence-electron chi connectivity index (χ0n) is 23.5. The van der Waals surface area contributed by atoms with E-state index in [1.807, 2.05) is 68.9 Å². The molecule has 0 spiro atoms. The third-order valence-electron chi connectivity index (χ3n) is 3.49. The van der Waals surface area contributed by atoms with Crippen molar-refractivity contribution in [3.8, 4) is 0 Å². The fourth-order valence-corrected chi connectivity index (χ4v) is 7.82. The lowest BCUT2D eigenvalue weighted by molar-refractivity contribution is -0.0247. The Hall–Kier alpha value is 0.291. The first-order chi connectivity index (χ1) is 15.5. The van der Waals surface area contributed by atoms with Gasteiger partial charge < -0.3 is 39.8 Å². The highest BCUT2D eigenvalue weighted by molar-refractivity contribution is 6.64. The molecule has 0 amide bonds. The summed E-state index contributed by atoms with van der Waals surface area (Å²) in [6.45, 7) is 29.2. The van der Waals surface area contributed by atoms with Gasteiger partial charge in [-0.1, -0.05) is 0 Å². The van der Waals surface area contributed by atoms with Gasteiger partial charge in [0.1, 0.15) is 0 Å². The first-order valence-electron chi connectivity index (χ1n) is 12.3. The maximum atomic E-state index is 5.42. The van der Waals surface area contributed by atoms with Crippen molar-refractivity contribution >= 4 is 26.4 Å². The average Bonchev–Trinajstić information content (AvgIpc) is 2.70. The van der Waals surface area contributed by atoms with Crippen LogP contribution in [-0.4, -0.2) is 85.9 Å². The summed E-state index contributed by atoms with van der Waals surface area (Å²) in [5.74, 6) is 0. The SMILES string of the molecule is CCO[Si](C)(C)OCC.CCO[Si](C)(OCC)OCC.CCO[Si](OCC)(OCC)OCC. The van der Waals surface area contributed by atoms with E-state index in [9.17, 15) is 0 Å². The topological polar surface area (TPSA) is 83.1 Å². The molecule has 0 aromatic rings. The van der Waals surface area contributed by atoms with Crippen LogP contribution in [0.25, 0.3) is 0 Å². The lowest BCUT2D eigenvalue weighted by Crippen LogP contribution is -2.49. The van der Waals surface area contributed by atoms with E-state index in [1.165, 1.54) is 0 Å². The van der Waals surface area contributed by atoms with E-state index in [1.54, 1.807) is 0 Å². The van der Waals surface area contributed by atoms with E-state index in [0.717, 1.165) is 13.2 Å². The summed E-state index contributed by atoms with van der Waals surface area (Å²) in [5, 5.41) is 0. The highest BCUT2D eigenvalue weighted by atomic mass is 28.4. The molecule has 0 saturated carbocycles. The zero-order valence-corrected chi connectivity index (χ0v) is 26.5. The predicted octanol–water partition coefficient (Wildman–Crippen LogP) is 4.99. The van der Waals surface area contributed by atoms with Crippen LogP contribution in [0, 0.1) is 0 Å². The largest absolute Gasteiger partial charge is 0.679 e. The van der Waals surface area contributed by atoms with Crippen LogP contribution in [0.2, 0.25) is 19.6 Å². The van der Waals surface area contributed by atoms with Crippen LogP contribution >= 0.6 is 0 Å². The second kappa shape index (κ2) is 24.0. The molecule has 0 fully saturated rings. The molecule has 0 unspecified atom stereocenters. The summed E-state index contributed by atoms with van der Waals surface area (Å²) in [6.07, 6.45) is 0. The lowest BCUT2D eigenvalue weighted by Gasteiger charge is -2.26. The van der Waals surface area contributed by atoms with Crippen molar-refractivity contribution in [2.45, 2.75) is 82.0 Å². The second-order valence-electron chi connectivity index (χ2n) is 6.66. The maximum absolute atomic E-state index is 5.42. The molecular weight excluding hydrogens is 480 g/mol. The molecule has 0 aromatic carbocycles. The van der Waals surface area contributed by atoms with Crippen molar-refractivity contribution in [1.82, 2.24) is 0 Å². The Kier molecular flexibility index (Phi) is 27.5. The van der Waals surface area contributed by atoms with E-state index < -0.39 is 26.4 Å². The van der Waals surface area contributed by atoms with E-state index in [2.05, 4.69) is 13.1 Å². The molecule has 0 atom stereocenters. The van der Waals surface area contributed by atoms with E-state index in [0.29, 0.717) is 46.2 Å². The van der Waals surface area contributed by atoms with Crippen LogP contribution in [0.5, 0.6) is 0 Å². The normalized spacial score (nSPS) is 12.0. The minimum absolute atomic E-state index is 0.548. The van der Waals surface area contributed by atoms with Crippen LogP contribution in [0.4, 0.5) is 0 Å². The van der Waals surface area contributed by atoms with Crippen molar-refractivity contribution < 1.29 is 39.8 Å². The summed E-state index contributed by atoms with van der Waals surface area (Å²) >= 11 is 0. The molecule has 0 N–H and O–H groups in total. The third-order valence-corrected chi connectivity index (χ3v) is 10.5. The number of hydrogen-bond acceptors (Lipinski definition) is 9. The van der Waals surface area contributed by atoms with Crippen molar-refractivity contribution in [2.75, 3.05) is 59.5 Å². The summed E-state index contributed by atoms with van der Waals surface area (Å²) in [4.78, 5) is 0. The van der Waals surface area contributed by atoms with Crippen LogP contribution in [0.1, 0.15) is 62.3 Å². The van der Waals surface area contributed by atoms with Crippen LogP contribution < -0.4 is 0 Å². The minimum Gasteiger partial charge on any atom is -0.395 e. The van der Waals surface area contributed by atoms with Gasteiger partial charge in [-0.3, -0.25) is 0 Å². The standard InChI is InChI=1S/C8H20O4Si.C7H18O3Si.C6H16O2Si/c1-5-9-13(10-6-2,11-7-3)12-8-4;1-5-8-11(4,9-6-2)10-7-3;1-5-7-9(3,4)8-6-2/h5-8H2,1-4H3;5-7H2,1-4H3;5-6H2,1-4H3. The molecule has 0 aliphatic rings. The Morgan fingerprint density at radius 1 is 0.333 bits per heavy atom. The van der Waals surface area contributed by atoms with E-state index in [4.69, 9.17) is 39.8 Å². The van der Waals surface area contributed by atoms with Gasteiger partial charge in [-0.05, 0) is 75.4 Å². The summed E-state index contributed by atoms with van der Waals surface area (Å²) < 4.78 is 48.7. The molecule has 0 heterocycles. The fourth-order valence-electron chi connectivity index (χ4n) is 2.61. The van der Waals surface area contributed by atoms with Gasteiger partial charge in [0.15, 0.2) is 0 Å². The van der Waals surface area contributed by atoms with E-state index in [-0.39, 0.29) is 0 Å². The molecule has 9 nitrogen and oxygen atoms in total. The molecule has 0 aliphatic carbocycles. The van der Waals surface area contributed by atoms with E-state index >= 15 is 0 Å². The second-order valence-corrected chi connectivity index (χ2v) is 14.8. The first-order valence-corrected chi connectivity index (χ1v) is 19.0. The Bertz CT molecular complexity index is 351. The maximum Gasteiger partial charge on any atom is 0.679 e. The predicted molar refractivity (Wildman–Crippen MR) is 139 cm³/mol. The molecule has 0 aromatic heterocycles. The highest BCUT2D eigenvalue weighted by Crippen LogP contribution is 2.11. The van der Waals surface area contributed by atoms with Crippen molar-refractivity contribution in [3.05, 3.63) is 0 Å². The molecule has 204 valence electrons. The molecular formula is C21H54O9Si3. The zero-order chi connectivity index (χ0) is 26.2. The third kappa shape index (κ3) is 22.5. The van der Waals surface area contributed by atoms with Gasteiger partial charge >= 0.3 is 26.4 Å². The summed E-state index contributed by atoms with van der Waals surface area (Å²) in [6, 6.07) is 0. The van der Waals surface area contributed by atoms with Crippen LogP contribution in [0.15, 0.2) is 0 Å². The monoisotopic (exact) mass is 534 g/mol. The van der Waals surface area contributed by atoms with Gasteiger partial charge in [0.05, 0.1) is 0 Å². The Balaban J connectivity index is -0.000000416. The first kappa shape index (κ1) is 37.8. The summed E-state index contributed by atoms with van der Waals surface area (Å²) in [7, 11) is -6.75. The Labute approximate surface area is 207 Å². The Morgan fingerprint density at radius 3 is 0.727 bits per heavy atom. The van der Waals surface area contributed by atoms with Gasteiger partial charge in [0.2, 0.25) is 0 Å². The van der Waals surface area contributed by atoms with Crippen molar-refractivity contribution in [3.63, 3.8) is 0 Å². The molecule has 33 heavy (non-hydrogen) atoms. The van der Waals surface area contributed by atoms with Crippen molar-refractivity contribution in [2.24, 2.45) is 0 Å². The smallest absolute Gasteiger partial charge is 0.395 e. The van der Waals surface area contributed by atoms with Crippen LogP contribution in [0.3, 0.4) is 0 Å². The van der Waals surface area contributed by atoms with Crippen LogP contribution in [-0.2, 0) is 39.8 Å². The minimum atomic E-state index is -2.80. The van der Waals surface area contributed by atoms with Gasteiger partial charge in [-0.2, -0.15) is 0 Å². The van der Waals surface area contributed by atoms with Crippen molar-refractivity contribution in [1.29, 1.82) is 0 Å². The fraction of sp³-hybridized carbons (Fsp3) is 1.00. The Morgan fingerprint density at radius 2 is 0.545 bits per heavy atom. The lowest BCUT2D eigenvalue weighted by atomic mass is 10.9.